The lowest BCUT2D eigenvalue weighted by atomic mass is 9.96. The summed E-state index contributed by atoms with van der Waals surface area (Å²) in [6.45, 7) is 3.71. The topological polar surface area (TPSA) is 80.7 Å². The molecule has 0 aliphatic rings. The summed E-state index contributed by atoms with van der Waals surface area (Å²) in [5, 5.41) is 9.59. The smallest absolute Gasteiger partial charge is 0.267 e. The zero-order chi connectivity index (χ0) is 14.0. The van der Waals surface area contributed by atoms with Crippen molar-refractivity contribution in [1.29, 1.82) is 0 Å². The summed E-state index contributed by atoms with van der Waals surface area (Å²) in [5.41, 5.74) is 0. The van der Waals surface area contributed by atoms with Gasteiger partial charge in [0.05, 0.1) is 18.5 Å². The zero-order valence-electron chi connectivity index (χ0n) is 10.9. The van der Waals surface area contributed by atoms with Gasteiger partial charge in [0.25, 0.3) is 10.1 Å². The molecule has 0 aromatic rings. The molecule has 0 aromatic carbocycles. The number of carbonyl (C=O) groups excluding carboxylic acids is 1. The van der Waals surface area contributed by atoms with Crippen LogP contribution in [0.15, 0.2) is 12.2 Å². The molecule has 0 rings (SSSR count). The number of aliphatic hydroxyl groups is 1. The summed E-state index contributed by atoms with van der Waals surface area (Å²) in [6.07, 6.45) is 4.21. The van der Waals surface area contributed by atoms with Crippen molar-refractivity contribution in [3.8, 4) is 0 Å². The number of hydrogen-bond acceptors (Lipinski definition) is 5. The molecule has 18 heavy (non-hydrogen) atoms. The van der Waals surface area contributed by atoms with Gasteiger partial charge in [-0.1, -0.05) is 19.4 Å². The van der Waals surface area contributed by atoms with Crippen LogP contribution in [0.5, 0.6) is 0 Å². The standard InChI is InChI=1S/C12H22O5S/c1-3-11(10-12(14)6-5-8-13)7-9-18(15,16)17-4-2/h5-6,8,11-12,14H,3-4,7,9-10H2,1-2H3. The molecule has 0 amide bonds. The number of allylic oxidation sites excluding steroid dienone is 1. The van der Waals surface area contributed by atoms with Crippen LogP contribution in [0.4, 0.5) is 0 Å². The molecule has 0 aromatic heterocycles. The first-order valence-corrected chi connectivity index (χ1v) is 7.70. The third-order valence-corrected chi connectivity index (χ3v) is 3.97. The average molecular weight is 278 g/mol. The van der Waals surface area contributed by atoms with Crippen molar-refractivity contribution in [2.45, 2.75) is 39.2 Å². The third-order valence-electron chi connectivity index (χ3n) is 2.64. The van der Waals surface area contributed by atoms with Crippen LogP contribution in [-0.4, -0.2) is 38.3 Å². The molecule has 6 heteroatoms. The first kappa shape index (κ1) is 17.3. The molecule has 5 nitrogen and oxygen atoms in total. The number of carbonyl (C=O) groups is 1. The first-order valence-electron chi connectivity index (χ1n) is 6.12. The lowest BCUT2D eigenvalue weighted by molar-refractivity contribution is -0.104. The molecule has 0 fully saturated rings. The number of aliphatic hydroxyl groups excluding tert-OH is 1. The molecule has 0 saturated heterocycles. The van der Waals surface area contributed by atoms with Crippen molar-refractivity contribution in [3.63, 3.8) is 0 Å². The quantitative estimate of drug-likeness (QED) is 0.370. The van der Waals surface area contributed by atoms with Crippen LogP contribution in [-0.2, 0) is 19.1 Å². The van der Waals surface area contributed by atoms with E-state index in [-0.39, 0.29) is 18.3 Å². The fourth-order valence-corrected chi connectivity index (χ4v) is 2.73. The summed E-state index contributed by atoms with van der Waals surface area (Å²) in [4.78, 5) is 10.1. The maximum Gasteiger partial charge on any atom is 0.267 e. The highest BCUT2D eigenvalue weighted by atomic mass is 32.2. The normalized spacial score (nSPS) is 15.7. The second-order valence-corrected chi connectivity index (χ2v) is 5.81. The van der Waals surface area contributed by atoms with E-state index < -0.39 is 16.2 Å². The Morgan fingerprint density at radius 1 is 1.33 bits per heavy atom. The van der Waals surface area contributed by atoms with Gasteiger partial charge in [-0.3, -0.25) is 8.98 Å². The number of aldehydes is 1. The molecule has 0 radical (unpaired) electrons. The summed E-state index contributed by atoms with van der Waals surface area (Å²) in [6, 6.07) is 0. The van der Waals surface area contributed by atoms with Gasteiger partial charge in [0.2, 0.25) is 0 Å². The van der Waals surface area contributed by atoms with Gasteiger partial charge < -0.3 is 5.11 Å². The van der Waals surface area contributed by atoms with Crippen molar-refractivity contribution in [3.05, 3.63) is 12.2 Å². The van der Waals surface area contributed by atoms with Crippen LogP contribution in [0.25, 0.3) is 0 Å². The minimum atomic E-state index is -3.45. The van der Waals surface area contributed by atoms with Crippen molar-refractivity contribution < 1.29 is 22.5 Å². The van der Waals surface area contributed by atoms with E-state index in [0.29, 0.717) is 19.1 Å². The van der Waals surface area contributed by atoms with Crippen molar-refractivity contribution in [1.82, 2.24) is 0 Å². The molecular weight excluding hydrogens is 256 g/mol. The van der Waals surface area contributed by atoms with E-state index in [4.69, 9.17) is 0 Å². The summed E-state index contributed by atoms with van der Waals surface area (Å²) >= 11 is 0. The summed E-state index contributed by atoms with van der Waals surface area (Å²) in [5.74, 6) is 0.0511. The van der Waals surface area contributed by atoms with Crippen LogP contribution in [0.1, 0.15) is 33.1 Å². The lowest BCUT2D eigenvalue weighted by Gasteiger charge is -2.16. The lowest BCUT2D eigenvalue weighted by Crippen LogP contribution is -2.17. The van der Waals surface area contributed by atoms with E-state index in [9.17, 15) is 18.3 Å². The minimum absolute atomic E-state index is 0.0382. The van der Waals surface area contributed by atoms with E-state index in [2.05, 4.69) is 4.18 Å². The molecule has 0 bridgehead atoms. The third kappa shape index (κ3) is 8.38. The van der Waals surface area contributed by atoms with E-state index in [1.54, 1.807) is 6.92 Å². The molecule has 0 aliphatic carbocycles. The van der Waals surface area contributed by atoms with Gasteiger partial charge in [0, 0.05) is 0 Å². The van der Waals surface area contributed by atoms with Gasteiger partial charge in [-0.2, -0.15) is 8.42 Å². The van der Waals surface area contributed by atoms with E-state index in [1.807, 2.05) is 6.92 Å². The van der Waals surface area contributed by atoms with E-state index in [1.165, 1.54) is 12.2 Å². The van der Waals surface area contributed by atoms with Gasteiger partial charge in [-0.15, -0.1) is 0 Å². The Morgan fingerprint density at radius 3 is 2.50 bits per heavy atom. The maximum atomic E-state index is 11.4. The monoisotopic (exact) mass is 278 g/mol. The second kappa shape index (κ2) is 9.24. The second-order valence-electron chi connectivity index (χ2n) is 4.06. The summed E-state index contributed by atoms with van der Waals surface area (Å²) < 4.78 is 27.4. The predicted octanol–water partition coefficient (Wildman–Crippen LogP) is 1.28. The first-order chi connectivity index (χ1) is 8.45. The maximum absolute atomic E-state index is 11.4. The van der Waals surface area contributed by atoms with Gasteiger partial charge in [0.1, 0.15) is 6.29 Å². The highest BCUT2D eigenvalue weighted by Gasteiger charge is 2.16. The molecule has 1 N–H and O–H groups in total. The van der Waals surface area contributed by atoms with E-state index in [0.717, 1.165) is 6.42 Å². The Hall–Kier alpha value is -0.720. The predicted molar refractivity (Wildman–Crippen MR) is 69.6 cm³/mol. The van der Waals surface area contributed by atoms with Crippen LogP contribution >= 0.6 is 0 Å². The van der Waals surface area contributed by atoms with Crippen LogP contribution in [0.3, 0.4) is 0 Å². The minimum Gasteiger partial charge on any atom is -0.389 e. The molecule has 0 heterocycles. The molecule has 2 unspecified atom stereocenters. The van der Waals surface area contributed by atoms with Crippen molar-refractivity contribution in [2.75, 3.05) is 12.4 Å². The Bertz CT molecular complexity index is 347. The van der Waals surface area contributed by atoms with Crippen molar-refractivity contribution >= 4 is 16.4 Å². The average Bonchev–Trinajstić information content (AvgIpc) is 2.31. The van der Waals surface area contributed by atoms with Gasteiger partial charge in [-0.05, 0) is 31.8 Å². The Morgan fingerprint density at radius 2 is 2.00 bits per heavy atom. The SMILES string of the molecule is CCOS(=O)(=O)CCC(CC)CC(O)C=CC=O. The Kier molecular flexibility index (Phi) is 8.87. The zero-order valence-corrected chi connectivity index (χ0v) is 11.7. The Balaban J connectivity index is 4.19. The van der Waals surface area contributed by atoms with Crippen LogP contribution in [0.2, 0.25) is 0 Å². The molecule has 106 valence electrons. The fourth-order valence-electron chi connectivity index (χ4n) is 1.63. The van der Waals surface area contributed by atoms with Gasteiger partial charge in [-0.25, -0.2) is 0 Å². The van der Waals surface area contributed by atoms with Crippen molar-refractivity contribution in [2.24, 2.45) is 5.92 Å². The highest BCUT2D eigenvalue weighted by Crippen LogP contribution is 2.17. The molecule has 0 aliphatic heterocycles. The Labute approximate surface area is 109 Å². The van der Waals surface area contributed by atoms with E-state index >= 15 is 0 Å². The highest BCUT2D eigenvalue weighted by molar-refractivity contribution is 7.86. The number of hydrogen-bond donors (Lipinski definition) is 1. The molecular formula is C12H22O5S. The molecule has 2 atom stereocenters. The van der Waals surface area contributed by atoms with Gasteiger partial charge in [0.15, 0.2) is 0 Å². The molecule has 0 saturated carbocycles. The number of rotatable bonds is 10. The largest absolute Gasteiger partial charge is 0.389 e. The molecule has 0 spiro atoms. The van der Waals surface area contributed by atoms with Crippen LogP contribution < -0.4 is 0 Å². The van der Waals surface area contributed by atoms with Gasteiger partial charge >= 0.3 is 0 Å². The van der Waals surface area contributed by atoms with Crippen LogP contribution in [0, 0.1) is 5.92 Å². The fraction of sp³-hybridized carbons (Fsp3) is 0.750. The summed E-state index contributed by atoms with van der Waals surface area (Å²) in [7, 11) is -3.45.